The standard InChI is InChI=1S/C17H13BrClN3O3/c1-22-14-7-2-10(18)8-13(14)16(17(22)24)21-20-15(23)9-25-12-5-3-11(19)4-6-12/h2-8,24H,9H2,1H3. The molecule has 0 radical (unpaired) electrons. The first kappa shape index (κ1) is 17.4. The molecule has 3 aromatic rings. The number of benzene rings is 2. The van der Waals surface area contributed by atoms with Crippen LogP contribution in [0.25, 0.3) is 10.9 Å². The van der Waals surface area contributed by atoms with Gasteiger partial charge in [-0.3, -0.25) is 4.79 Å². The van der Waals surface area contributed by atoms with E-state index in [1.165, 1.54) is 0 Å². The van der Waals surface area contributed by atoms with E-state index >= 15 is 0 Å². The molecule has 1 heterocycles. The third-order valence-corrected chi connectivity index (χ3v) is 4.29. The number of hydrogen-bond donors (Lipinski definition) is 1. The number of fused-ring (bicyclic) bond motifs is 1. The zero-order chi connectivity index (χ0) is 18.0. The molecule has 0 unspecified atom stereocenters. The molecule has 0 fully saturated rings. The molecule has 0 saturated carbocycles. The summed E-state index contributed by atoms with van der Waals surface area (Å²) in [7, 11) is 1.70. The van der Waals surface area contributed by atoms with Crippen molar-refractivity contribution < 1.29 is 14.6 Å². The molecule has 6 nitrogen and oxygen atoms in total. The summed E-state index contributed by atoms with van der Waals surface area (Å²) < 4.78 is 7.72. The molecule has 0 spiro atoms. The van der Waals surface area contributed by atoms with Crippen LogP contribution in [-0.2, 0) is 11.8 Å². The molecular formula is C17H13BrClN3O3. The molecule has 25 heavy (non-hydrogen) atoms. The Hall–Kier alpha value is -2.38. The third kappa shape index (κ3) is 3.83. The molecule has 1 N–H and O–H groups in total. The van der Waals surface area contributed by atoms with Crippen molar-refractivity contribution in [2.24, 2.45) is 17.3 Å². The van der Waals surface area contributed by atoms with Gasteiger partial charge in [0.05, 0.1) is 5.52 Å². The van der Waals surface area contributed by atoms with Crippen molar-refractivity contribution in [3.63, 3.8) is 0 Å². The van der Waals surface area contributed by atoms with Crippen LogP contribution in [-0.4, -0.2) is 22.2 Å². The van der Waals surface area contributed by atoms with E-state index in [1.807, 2.05) is 12.1 Å². The van der Waals surface area contributed by atoms with Gasteiger partial charge in [-0.25, -0.2) is 0 Å². The quantitative estimate of drug-likeness (QED) is 0.602. The Morgan fingerprint density at radius 2 is 2.00 bits per heavy atom. The molecule has 2 aromatic carbocycles. The maximum absolute atomic E-state index is 11.9. The number of aromatic hydroxyl groups is 1. The summed E-state index contributed by atoms with van der Waals surface area (Å²) in [6, 6.07) is 12.1. The van der Waals surface area contributed by atoms with E-state index < -0.39 is 5.91 Å². The number of aryl methyl sites for hydroxylation is 1. The molecule has 0 saturated heterocycles. The number of azo groups is 1. The maximum atomic E-state index is 11.9. The predicted molar refractivity (Wildman–Crippen MR) is 98.8 cm³/mol. The van der Waals surface area contributed by atoms with Gasteiger partial charge in [-0.1, -0.05) is 27.5 Å². The van der Waals surface area contributed by atoms with E-state index in [0.29, 0.717) is 16.2 Å². The lowest BCUT2D eigenvalue weighted by molar-refractivity contribution is -0.120. The summed E-state index contributed by atoms with van der Waals surface area (Å²) in [5, 5.41) is 19.0. The number of halogens is 2. The van der Waals surface area contributed by atoms with Crippen LogP contribution in [0.2, 0.25) is 5.02 Å². The van der Waals surface area contributed by atoms with Crippen LogP contribution in [0, 0.1) is 0 Å². The minimum Gasteiger partial charge on any atom is -0.493 e. The second-order valence-electron chi connectivity index (χ2n) is 5.23. The summed E-state index contributed by atoms with van der Waals surface area (Å²) in [4.78, 5) is 11.9. The highest BCUT2D eigenvalue weighted by molar-refractivity contribution is 9.10. The zero-order valence-corrected chi connectivity index (χ0v) is 15.5. The van der Waals surface area contributed by atoms with Gasteiger partial charge in [0.15, 0.2) is 12.3 Å². The number of carbonyl (C=O) groups is 1. The Balaban J connectivity index is 1.76. The second kappa shape index (κ2) is 7.25. The SMILES string of the molecule is Cn1c(O)c(N=NC(=O)COc2ccc(Cl)cc2)c2cc(Br)ccc21. The molecule has 8 heteroatoms. The van der Waals surface area contributed by atoms with E-state index in [-0.39, 0.29) is 18.2 Å². The first-order chi connectivity index (χ1) is 12.0. The van der Waals surface area contributed by atoms with Crippen LogP contribution in [0.1, 0.15) is 0 Å². The highest BCUT2D eigenvalue weighted by atomic mass is 79.9. The number of nitrogens with zero attached hydrogens (tertiary/aromatic N) is 3. The van der Waals surface area contributed by atoms with Crippen LogP contribution < -0.4 is 4.74 Å². The first-order valence-corrected chi connectivity index (χ1v) is 8.42. The lowest BCUT2D eigenvalue weighted by Crippen LogP contribution is -2.07. The number of amides is 1. The van der Waals surface area contributed by atoms with Gasteiger partial charge in [0, 0.05) is 21.9 Å². The van der Waals surface area contributed by atoms with Crippen molar-refractivity contribution >= 4 is 50.0 Å². The number of ether oxygens (including phenoxy) is 1. The van der Waals surface area contributed by atoms with Crippen LogP contribution in [0.5, 0.6) is 11.6 Å². The third-order valence-electron chi connectivity index (χ3n) is 3.54. The summed E-state index contributed by atoms with van der Waals surface area (Å²) in [6.45, 7) is -0.264. The van der Waals surface area contributed by atoms with Crippen LogP contribution in [0.15, 0.2) is 57.2 Å². The van der Waals surface area contributed by atoms with Gasteiger partial charge >= 0.3 is 5.91 Å². The van der Waals surface area contributed by atoms with Crippen molar-refractivity contribution in [3.8, 4) is 11.6 Å². The molecule has 0 atom stereocenters. The molecule has 0 aliphatic carbocycles. The molecule has 0 aliphatic rings. The fourth-order valence-electron chi connectivity index (χ4n) is 2.29. The number of carbonyl (C=O) groups excluding carboxylic acids is 1. The average Bonchev–Trinajstić information content (AvgIpc) is 2.83. The molecule has 128 valence electrons. The Bertz CT molecular complexity index is 967. The molecular weight excluding hydrogens is 410 g/mol. The number of rotatable bonds is 4. The Kier molecular flexibility index (Phi) is 5.06. The summed E-state index contributed by atoms with van der Waals surface area (Å²) in [5.74, 6) is -0.130. The Morgan fingerprint density at radius 1 is 1.28 bits per heavy atom. The van der Waals surface area contributed by atoms with Gasteiger partial charge in [0.1, 0.15) is 5.75 Å². The van der Waals surface area contributed by atoms with E-state index in [4.69, 9.17) is 16.3 Å². The minimum atomic E-state index is -0.568. The van der Waals surface area contributed by atoms with E-state index in [1.54, 1.807) is 41.9 Å². The maximum Gasteiger partial charge on any atom is 0.302 e. The van der Waals surface area contributed by atoms with Gasteiger partial charge in [-0.15, -0.1) is 10.2 Å². The summed E-state index contributed by atoms with van der Waals surface area (Å²) in [5.41, 5.74) is 1.01. The van der Waals surface area contributed by atoms with Crippen molar-refractivity contribution in [3.05, 3.63) is 52.0 Å². The van der Waals surface area contributed by atoms with Crippen molar-refractivity contribution in [1.82, 2.24) is 4.57 Å². The monoisotopic (exact) mass is 421 g/mol. The highest BCUT2D eigenvalue weighted by Crippen LogP contribution is 2.39. The molecule has 1 aromatic heterocycles. The number of hydrogen-bond acceptors (Lipinski definition) is 4. The Morgan fingerprint density at radius 3 is 2.72 bits per heavy atom. The molecule has 1 amide bonds. The van der Waals surface area contributed by atoms with Crippen molar-refractivity contribution in [1.29, 1.82) is 0 Å². The van der Waals surface area contributed by atoms with Crippen LogP contribution in [0.4, 0.5) is 5.69 Å². The predicted octanol–water partition coefficient (Wildman–Crippen LogP) is 4.99. The lowest BCUT2D eigenvalue weighted by atomic mass is 10.2. The average molecular weight is 423 g/mol. The van der Waals surface area contributed by atoms with Crippen LogP contribution in [0.3, 0.4) is 0 Å². The van der Waals surface area contributed by atoms with E-state index in [2.05, 4.69) is 26.2 Å². The number of aromatic nitrogens is 1. The van der Waals surface area contributed by atoms with Gasteiger partial charge < -0.3 is 14.4 Å². The van der Waals surface area contributed by atoms with E-state index in [0.717, 1.165) is 9.99 Å². The smallest absolute Gasteiger partial charge is 0.302 e. The summed E-state index contributed by atoms with van der Waals surface area (Å²) >= 11 is 9.16. The fourth-order valence-corrected chi connectivity index (χ4v) is 2.78. The van der Waals surface area contributed by atoms with Gasteiger partial charge in [0.2, 0.25) is 5.88 Å². The molecule has 0 aliphatic heterocycles. The molecule has 3 rings (SSSR count). The fraction of sp³-hybridized carbons (Fsp3) is 0.118. The first-order valence-electron chi connectivity index (χ1n) is 7.25. The Labute approximate surface area is 156 Å². The minimum absolute atomic E-state index is 0.0664. The lowest BCUT2D eigenvalue weighted by Gasteiger charge is -2.02. The normalized spacial score (nSPS) is 11.3. The van der Waals surface area contributed by atoms with Gasteiger partial charge in [-0.2, -0.15) is 0 Å². The molecule has 0 bridgehead atoms. The van der Waals surface area contributed by atoms with Gasteiger partial charge in [0.25, 0.3) is 0 Å². The van der Waals surface area contributed by atoms with E-state index in [9.17, 15) is 9.90 Å². The topological polar surface area (TPSA) is 76.2 Å². The van der Waals surface area contributed by atoms with Crippen molar-refractivity contribution in [2.45, 2.75) is 0 Å². The zero-order valence-electron chi connectivity index (χ0n) is 13.1. The highest BCUT2D eigenvalue weighted by Gasteiger charge is 2.15. The summed E-state index contributed by atoms with van der Waals surface area (Å²) in [6.07, 6.45) is 0. The van der Waals surface area contributed by atoms with Gasteiger partial charge in [-0.05, 0) is 42.5 Å². The van der Waals surface area contributed by atoms with Crippen LogP contribution >= 0.6 is 27.5 Å². The largest absolute Gasteiger partial charge is 0.493 e. The van der Waals surface area contributed by atoms with Crippen molar-refractivity contribution in [2.75, 3.05) is 6.61 Å². The second-order valence-corrected chi connectivity index (χ2v) is 6.58.